The second-order valence-electron chi connectivity index (χ2n) is 2.91. The van der Waals surface area contributed by atoms with Gasteiger partial charge in [0.15, 0.2) is 0 Å². The van der Waals surface area contributed by atoms with Gasteiger partial charge in [0.1, 0.15) is 6.07 Å². The average molecular weight is 165 g/mol. The van der Waals surface area contributed by atoms with Crippen molar-refractivity contribution in [3.05, 3.63) is 12.2 Å². The first-order valence-electron chi connectivity index (χ1n) is 3.94. The molecule has 1 unspecified atom stereocenters. The predicted molar refractivity (Wildman–Crippen MR) is 43.1 cm³/mol. The molecule has 64 valence electrons. The third kappa shape index (κ3) is 1.85. The number of nitrogens with zero attached hydrogens (tertiary/aromatic N) is 1. The van der Waals surface area contributed by atoms with E-state index in [1.807, 2.05) is 12.2 Å². The number of hydrogen-bond acceptors (Lipinski definition) is 3. The molecular formula is C9H11NO2. The van der Waals surface area contributed by atoms with Gasteiger partial charge < -0.3 is 4.74 Å². The van der Waals surface area contributed by atoms with Crippen LogP contribution in [0, 0.1) is 11.3 Å². The molecule has 0 N–H and O–H groups in total. The van der Waals surface area contributed by atoms with E-state index in [1.54, 1.807) is 0 Å². The van der Waals surface area contributed by atoms with Gasteiger partial charge in [-0.3, -0.25) is 4.79 Å². The SMILES string of the molecule is CC(=O)OC1(C#N)CC=CCC1. The summed E-state index contributed by atoms with van der Waals surface area (Å²) in [4.78, 5) is 10.7. The maximum Gasteiger partial charge on any atom is 0.304 e. The largest absolute Gasteiger partial charge is 0.443 e. The van der Waals surface area contributed by atoms with Crippen LogP contribution in [0.3, 0.4) is 0 Å². The lowest BCUT2D eigenvalue weighted by Gasteiger charge is -2.26. The number of ether oxygens (including phenoxy) is 1. The van der Waals surface area contributed by atoms with E-state index >= 15 is 0 Å². The zero-order valence-electron chi connectivity index (χ0n) is 7.04. The lowest BCUT2D eigenvalue weighted by atomic mass is 9.90. The quantitative estimate of drug-likeness (QED) is 0.437. The van der Waals surface area contributed by atoms with Crippen LogP contribution in [0.2, 0.25) is 0 Å². The zero-order valence-corrected chi connectivity index (χ0v) is 7.04. The Kier molecular flexibility index (Phi) is 2.49. The number of allylic oxidation sites excluding steroid dienone is 1. The van der Waals surface area contributed by atoms with Gasteiger partial charge in [0.05, 0.1) is 0 Å². The Morgan fingerprint density at radius 1 is 1.67 bits per heavy atom. The summed E-state index contributed by atoms with van der Waals surface area (Å²) in [6.07, 6.45) is 5.82. The van der Waals surface area contributed by atoms with Gasteiger partial charge in [0.25, 0.3) is 0 Å². The molecule has 0 aromatic carbocycles. The molecule has 0 saturated carbocycles. The van der Waals surface area contributed by atoms with Crippen molar-refractivity contribution in [3.63, 3.8) is 0 Å². The van der Waals surface area contributed by atoms with Crippen molar-refractivity contribution < 1.29 is 9.53 Å². The van der Waals surface area contributed by atoms with Gasteiger partial charge >= 0.3 is 5.97 Å². The normalized spacial score (nSPS) is 27.7. The Hall–Kier alpha value is -1.30. The molecule has 12 heavy (non-hydrogen) atoms. The minimum atomic E-state index is -0.888. The van der Waals surface area contributed by atoms with E-state index in [4.69, 9.17) is 10.00 Å². The number of nitriles is 1. The Morgan fingerprint density at radius 2 is 2.42 bits per heavy atom. The molecule has 1 aliphatic carbocycles. The third-order valence-electron chi connectivity index (χ3n) is 1.87. The van der Waals surface area contributed by atoms with Crippen LogP contribution in [-0.4, -0.2) is 11.6 Å². The molecule has 0 amide bonds. The summed E-state index contributed by atoms with van der Waals surface area (Å²) in [6, 6.07) is 2.05. The minimum absolute atomic E-state index is 0.383. The summed E-state index contributed by atoms with van der Waals surface area (Å²) in [5.41, 5.74) is -0.888. The molecule has 1 rings (SSSR count). The highest BCUT2D eigenvalue weighted by Crippen LogP contribution is 2.26. The molecule has 0 spiro atoms. The Bertz CT molecular complexity index is 252. The Labute approximate surface area is 71.6 Å². The highest BCUT2D eigenvalue weighted by molar-refractivity contribution is 5.67. The van der Waals surface area contributed by atoms with E-state index in [0.717, 1.165) is 6.42 Å². The minimum Gasteiger partial charge on any atom is -0.443 e. The van der Waals surface area contributed by atoms with Gasteiger partial charge in [-0.25, -0.2) is 0 Å². The van der Waals surface area contributed by atoms with Crippen molar-refractivity contribution in [2.24, 2.45) is 0 Å². The van der Waals surface area contributed by atoms with E-state index in [1.165, 1.54) is 6.92 Å². The van der Waals surface area contributed by atoms with Crippen LogP contribution >= 0.6 is 0 Å². The highest BCUT2D eigenvalue weighted by atomic mass is 16.6. The standard InChI is InChI=1S/C9H11NO2/c1-8(11)12-9(7-10)5-3-2-4-6-9/h2-3H,4-6H2,1H3. The molecule has 0 aromatic rings. The molecule has 3 nitrogen and oxygen atoms in total. The van der Waals surface area contributed by atoms with Crippen LogP contribution in [0.25, 0.3) is 0 Å². The molecule has 1 atom stereocenters. The number of hydrogen-bond donors (Lipinski definition) is 0. The molecule has 0 aromatic heterocycles. The van der Waals surface area contributed by atoms with Gasteiger partial charge in [-0.2, -0.15) is 5.26 Å². The smallest absolute Gasteiger partial charge is 0.304 e. The van der Waals surface area contributed by atoms with Crippen molar-refractivity contribution in [1.29, 1.82) is 5.26 Å². The van der Waals surface area contributed by atoms with Gasteiger partial charge in [0.2, 0.25) is 5.60 Å². The second kappa shape index (κ2) is 3.40. The Balaban J connectivity index is 2.70. The fourth-order valence-electron chi connectivity index (χ4n) is 1.30. The lowest BCUT2D eigenvalue weighted by molar-refractivity contribution is -0.152. The molecule has 1 aliphatic rings. The van der Waals surface area contributed by atoms with Crippen LogP contribution in [-0.2, 0) is 9.53 Å². The van der Waals surface area contributed by atoms with E-state index in [-0.39, 0.29) is 5.97 Å². The van der Waals surface area contributed by atoms with E-state index in [0.29, 0.717) is 12.8 Å². The van der Waals surface area contributed by atoms with Crippen molar-refractivity contribution in [1.82, 2.24) is 0 Å². The number of rotatable bonds is 1. The molecule has 0 bridgehead atoms. The molecule has 0 saturated heterocycles. The maximum absolute atomic E-state index is 10.7. The maximum atomic E-state index is 10.7. The Morgan fingerprint density at radius 3 is 2.83 bits per heavy atom. The van der Waals surface area contributed by atoms with Crippen molar-refractivity contribution >= 4 is 5.97 Å². The number of carbonyl (C=O) groups excluding carboxylic acids is 1. The van der Waals surface area contributed by atoms with Gasteiger partial charge in [-0.1, -0.05) is 12.2 Å². The molecule has 3 heteroatoms. The summed E-state index contributed by atoms with van der Waals surface area (Å²) >= 11 is 0. The fraction of sp³-hybridized carbons (Fsp3) is 0.556. The monoisotopic (exact) mass is 165 g/mol. The summed E-state index contributed by atoms with van der Waals surface area (Å²) in [6.45, 7) is 1.33. The lowest BCUT2D eigenvalue weighted by Crippen LogP contribution is -2.33. The van der Waals surface area contributed by atoms with E-state index in [9.17, 15) is 4.79 Å². The molecule has 0 fully saturated rings. The van der Waals surface area contributed by atoms with Gasteiger partial charge in [0, 0.05) is 19.8 Å². The third-order valence-corrected chi connectivity index (χ3v) is 1.87. The summed E-state index contributed by atoms with van der Waals surface area (Å²) in [5.74, 6) is -0.383. The van der Waals surface area contributed by atoms with Crippen LogP contribution in [0.1, 0.15) is 26.2 Å². The molecular weight excluding hydrogens is 154 g/mol. The first kappa shape index (κ1) is 8.79. The molecule has 0 radical (unpaired) electrons. The van der Waals surface area contributed by atoms with Gasteiger partial charge in [-0.05, 0) is 6.42 Å². The fourth-order valence-corrected chi connectivity index (χ4v) is 1.30. The van der Waals surface area contributed by atoms with Crippen molar-refractivity contribution in [3.8, 4) is 6.07 Å². The highest BCUT2D eigenvalue weighted by Gasteiger charge is 2.33. The van der Waals surface area contributed by atoms with Gasteiger partial charge in [-0.15, -0.1) is 0 Å². The summed E-state index contributed by atoms with van der Waals surface area (Å²) in [7, 11) is 0. The van der Waals surface area contributed by atoms with Crippen LogP contribution in [0.15, 0.2) is 12.2 Å². The van der Waals surface area contributed by atoms with Crippen LogP contribution in [0.5, 0.6) is 0 Å². The zero-order chi connectivity index (χ0) is 9.03. The summed E-state index contributed by atoms with van der Waals surface area (Å²) < 4.78 is 4.98. The average Bonchev–Trinajstić information content (AvgIpc) is 2.05. The molecule has 0 heterocycles. The van der Waals surface area contributed by atoms with Crippen molar-refractivity contribution in [2.45, 2.75) is 31.8 Å². The van der Waals surface area contributed by atoms with E-state index < -0.39 is 5.60 Å². The number of carbonyl (C=O) groups is 1. The summed E-state index contributed by atoms with van der Waals surface area (Å²) in [5, 5.41) is 8.83. The van der Waals surface area contributed by atoms with E-state index in [2.05, 4.69) is 6.07 Å². The van der Waals surface area contributed by atoms with Crippen LogP contribution in [0.4, 0.5) is 0 Å². The number of esters is 1. The topological polar surface area (TPSA) is 50.1 Å². The van der Waals surface area contributed by atoms with Crippen LogP contribution < -0.4 is 0 Å². The predicted octanol–water partition coefficient (Wildman–Crippen LogP) is 1.55. The second-order valence-corrected chi connectivity index (χ2v) is 2.91. The van der Waals surface area contributed by atoms with Crippen molar-refractivity contribution in [2.75, 3.05) is 0 Å². The first-order valence-corrected chi connectivity index (χ1v) is 3.94. The first-order chi connectivity index (χ1) is 5.68. The molecule has 0 aliphatic heterocycles.